The van der Waals surface area contributed by atoms with Gasteiger partial charge in [-0.05, 0) is 56.6 Å². The van der Waals surface area contributed by atoms with E-state index in [1.807, 2.05) is 13.1 Å². The van der Waals surface area contributed by atoms with Gasteiger partial charge in [-0.25, -0.2) is 4.39 Å². The topological polar surface area (TPSA) is 21.3 Å². The van der Waals surface area contributed by atoms with E-state index in [0.29, 0.717) is 5.56 Å². The van der Waals surface area contributed by atoms with Gasteiger partial charge in [0.15, 0.2) is 11.6 Å². The first kappa shape index (κ1) is 15.0. The Hall–Kier alpha value is -0.430. The van der Waals surface area contributed by atoms with Gasteiger partial charge in [-0.1, -0.05) is 12.1 Å². The van der Waals surface area contributed by atoms with Crippen molar-refractivity contribution in [3.05, 3.63) is 48.8 Å². The number of ether oxygens (including phenoxy) is 1. The molecule has 0 aliphatic rings. The highest BCUT2D eigenvalue weighted by molar-refractivity contribution is 9.12. The third-order valence-corrected chi connectivity index (χ3v) is 5.19. The SMILES string of the molecule is CNC(c1cc(Br)sc1Br)c1cccc(OC)c1F. The van der Waals surface area contributed by atoms with Gasteiger partial charge >= 0.3 is 0 Å². The fraction of sp³-hybridized carbons (Fsp3) is 0.231. The van der Waals surface area contributed by atoms with Crippen molar-refractivity contribution >= 4 is 43.2 Å². The highest BCUT2D eigenvalue weighted by Crippen LogP contribution is 2.39. The summed E-state index contributed by atoms with van der Waals surface area (Å²) in [5.74, 6) is -0.0817. The Balaban J connectivity index is 2.51. The molecule has 102 valence electrons. The summed E-state index contributed by atoms with van der Waals surface area (Å²) in [5.41, 5.74) is 1.55. The van der Waals surface area contributed by atoms with Crippen molar-refractivity contribution in [3.63, 3.8) is 0 Å². The molecule has 2 nitrogen and oxygen atoms in total. The van der Waals surface area contributed by atoms with Crippen molar-refractivity contribution in [1.82, 2.24) is 5.32 Å². The molecule has 2 aromatic rings. The normalized spacial score (nSPS) is 12.5. The van der Waals surface area contributed by atoms with E-state index >= 15 is 0 Å². The van der Waals surface area contributed by atoms with Crippen molar-refractivity contribution in [1.29, 1.82) is 0 Å². The predicted molar refractivity (Wildman–Crippen MR) is 83.6 cm³/mol. The zero-order valence-electron chi connectivity index (χ0n) is 10.3. The van der Waals surface area contributed by atoms with Gasteiger partial charge in [0.05, 0.1) is 20.7 Å². The van der Waals surface area contributed by atoms with Gasteiger partial charge in [0, 0.05) is 5.56 Å². The third-order valence-electron chi connectivity index (χ3n) is 2.81. The van der Waals surface area contributed by atoms with Crippen LogP contribution in [0.2, 0.25) is 0 Å². The van der Waals surface area contributed by atoms with E-state index in [1.165, 1.54) is 7.11 Å². The molecule has 19 heavy (non-hydrogen) atoms. The van der Waals surface area contributed by atoms with Crippen LogP contribution in [0.4, 0.5) is 4.39 Å². The van der Waals surface area contributed by atoms with Crippen molar-refractivity contribution < 1.29 is 9.13 Å². The maximum Gasteiger partial charge on any atom is 0.170 e. The van der Waals surface area contributed by atoms with Crippen LogP contribution in [0.3, 0.4) is 0 Å². The minimum Gasteiger partial charge on any atom is -0.494 e. The van der Waals surface area contributed by atoms with Crippen LogP contribution in [0.5, 0.6) is 5.75 Å². The van der Waals surface area contributed by atoms with Crippen molar-refractivity contribution in [2.75, 3.05) is 14.2 Å². The Labute approximate surface area is 132 Å². The minimum atomic E-state index is -0.335. The fourth-order valence-electron chi connectivity index (χ4n) is 1.94. The lowest BCUT2D eigenvalue weighted by molar-refractivity contribution is 0.382. The molecule has 0 saturated heterocycles. The Morgan fingerprint density at radius 3 is 2.58 bits per heavy atom. The van der Waals surface area contributed by atoms with Gasteiger partial charge in [0.25, 0.3) is 0 Å². The average Bonchev–Trinajstić information content (AvgIpc) is 2.72. The molecule has 2 rings (SSSR count). The van der Waals surface area contributed by atoms with E-state index in [-0.39, 0.29) is 17.6 Å². The average molecular weight is 409 g/mol. The first-order valence-electron chi connectivity index (χ1n) is 5.52. The molecular formula is C13H12Br2FNOS. The molecule has 1 N–H and O–H groups in total. The van der Waals surface area contributed by atoms with Gasteiger partial charge in [-0.3, -0.25) is 0 Å². The Morgan fingerprint density at radius 2 is 2.05 bits per heavy atom. The lowest BCUT2D eigenvalue weighted by Crippen LogP contribution is -2.19. The number of hydrogen-bond donors (Lipinski definition) is 1. The molecule has 0 bridgehead atoms. The number of methoxy groups -OCH3 is 1. The van der Waals surface area contributed by atoms with Crippen LogP contribution < -0.4 is 10.1 Å². The summed E-state index contributed by atoms with van der Waals surface area (Å²) in [5, 5.41) is 3.14. The van der Waals surface area contributed by atoms with Crippen LogP contribution in [0.25, 0.3) is 0 Å². The number of hydrogen-bond acceptors (Lipinski definition) is 3. The van der Waals surface area contributed by atoms with Crippen LogP contribution in [-0.4, -0.2) is 14.2 Å². The second kappa shape index (κ2) is 6.35. The minimum absolute atomic E-state index is 0.230. The van der Waals surface area contributed by atoms with E-state index in [1.54, 1.807) is 29.5 Å². The van der Waals surface area contributed by atoms with Crippen molar-refractivity contribution in [2.45, 2.75) is 6.04 Å². The molecule has 0 amide bonds. The smallest absolute Gasteiger partial charge is 0.170 e. The molecule has 6 heteroatoms. The van der Waals surface area contributed by atoms with E-state index in [4.69, 9.17) is 4.74 Å². The molecular weight excluding hydrogens is 397 g/mol. The summed E-state index contributed by atoms with van der Waals surface area (Å²) in [6.07, 6.45) is 0. The molecule has 1 unspecified atom stereocenters. The summed E-state index contributed by atoms with van der Waals surface area (Å²) < 4.78 is 21.3. The van der Waals surface area contributed by atoms with E-state index in [0.717, 1.165) is 13.1 Å². The Bertz CT molecular complexity index is 588. The number of nitrogens with one attached hydrogen (secondary N) is 1. The second-order valence-electron chi connectivity index (χ2n) is 3.86. The van der Waals surface area contributed by atoms with Gasteiger partial charge < -0.3 is 10.1 Å². The highest BCUT2D eigenvalue weighted by atomic mass is 79.9. The molecule has 0 fully saturated rings. The Morgan fingerprint density at radius 1 is 1.32 bits per heavy atom. The van der Waals surface area contributed by atoms with E-state index in [2.05, 4.69) is 37.2 Å². The van der Waals surface area contributed by atoms with Crippen molar-refractivity contribution in [3.8, 4) is 5.75 Å². The van der Waals surface area contributed by atoms with Crippen LogP contribution >= 0.6 is 43.2 Å². The summed E-state index contributed by atoms with van der Waals surface area (Å²) in [4.78, 5) is 0. The Kier molecular flexibility index (Phi) is 5.00. The zero-order valence-corrected chi connectivity index (χ0v) is 14.3. The summed E-state index contributed by atoms with van der Waals surface area (Å²) in [6.45, 7) is 0. The maximum absolute atomic E-state index is 14.3. The number of rotatable bonds is 4. The summed E-state index contributed by atoms with van der Waals surface area (Å²) >= 11 is 8.52. The number of halogens is 3. The largest absolute Gasteiger partial charge is 0.494 e. The highest BCUT2D eigenvalue weighted by Gasteiger charge is 2.22. The van der Waals surface area contributed by atoms with Gasteiger partial charge in [0.1, 0.15) is 0 Å². The molecule has 0 aliphatic heterocycles. The van der Waals surface area contributed by atoms with Crippen LogP contribution in [0.1, 0.15) is 17.2 Å². The summed E-state index contributed by atoms with van der Waals surface area (Å²) in [7, 11) is 3.27. The molecule has 1 aromatic carbocycles. The number of thiophene rings is 1. The van der Waals surface area contributed by atoms with Gasteiger partial charge in [-0.15, -0.1) is 11.3 Å². The zero-order chi connectivity index (χ0) is 14.0. The third kappa shape index (κ3) is 3.02. The van der Waals surface area contributed by atoms with E-state index < -0.39 is 0 Å². The molecule has 0 saturated carbocycles. The van der Waals surface area contributed by atoms with Crippen molar-refractivity contribution in [2.24, 2.45) is 0 Å². The van der Waals surface area contributed by atoms with Gasteiger partial charge in [-0.2, -0.15) is 0 Å². The standard InChI is InChI=1S/C13H12Br2FNOS/c1-17-12(8-6-10(14)19-13(8)15)7-4-3-5-9(18-2)11(7)16/h3-6,12,17H,1-2H3. The molecule has 0 aliphatic carbocycles. The lowest BCUT2D eigenvalue weighted by Gasteiger charge is -2.18. The van der Waals surface area contributed by atoms with Crippen LogP contribution in [-0.2, 0) is 0 Å². The first-order chi connectivity index (χ1) is 9.08. The summed E-state index contributed by atoms with van der Waals surface area (Å²) in [6, 6.07) is 6.92. The quantitative estimate of drug-likeness (QED) is 0.789. The van der Waals surface area contributed by atoms with Crippen LogP contribution in [0.15, 0.2) is 31.8 Å². The van der Waals surface area contributed by atoms with Crippen LogP contribution in [0, 0.1) is 5.82 Å². The monoisotopic (exact) mass is 407 g/mol. The first-order valence-corrected chi connectivity index (χ1v) is 7.93. The fourth-order valence-corrected chi connectivity index (χ4v) is 4.84. The molecule has 0 spiro atoms. The number of benzene rings is 1. The van der Waals surface area contributed by atoms with E-state index in [9.17, 15) is 4.39 Å². The molecule has 0 radical (unpaired) electrons. The molecule has 1 atom stereocenters. The maximum atomic E-state index is 14.3. The molecule has 1 heterocycles. The molecule has 1 aromatic heterocycles. The second-order valence-corrected chi connectivity index (χ2v) is 7.61. The predicted octanol–water partition coefficient (Wildman–Crippen LogP) is 4.73. The lowest BCUT2D eigenvalue weighted by atomic mass is 10.0. The van der Waals surface area contributed by atoms with Gasteiger partial charge in [0.2, 0.25) is 0 Å².